The van der Waals surface area contributed by atoms with Crippen LogP contribution in [-0.4, -0.2) is 21.4 Å². The van der Waals surface area contributed by atoms with Crippen LogP contribution in [0.3, 0.4) is 0 Å². The van der Waals surface area contributed by atoms with Gasteiger partial charge >= 0.3 is 5.97 Å². The fourth-order valence-corrected chi connectivity index (χ4v) is 9.14. The average molecular weight is 599 g/mol. The average Bonchev–Trinajstić information content (AvgIpc) is 3.36. The number of nitrogens with zero attached hydrogens (tertiary/aromatic N) is 2. The fraction of sp³-hybridized carbons (Fsp3) is 0.605. The van der Waals surface area contributed by atoms with Crippen LogP contribution in [0.1, 0.15) is 99.0 Å². The largest absolute Gasteiger partial charge is 0.462 e. The second-order valence-electron chi connectivity index (χ2n) is 14.8. The summed E-state index contributed by atoms with van der Waals surface area (Å²) in [7, 11) is 0. The number of fused-ring (bicyclic) bond motifs is 3. The second-order valence-corrected chi connectivity index (χ2v) is 14.8. The molecule has 3 aliphatic carbocycles. The minimum Gasteiger partial charge on any atom is -0.462 e. The zero-order chi connectivity index (χ0) is 31.3. The van der Waals surface area contributed by atoms with Gasteiger partial charge in [0.05, 0.1) is 23.4 Å². The van der Waals surface area contributed by atoms with Gasteiger partial charge in [-0.05, 0) is 103 Å². The number of hydrogen-bond donors (Lipinski definition) is 0. The molecule has 0 amide bonds. The Hall–Kier alpha value is -3.15. The molecule has 0 radical (unpaired) electrons. The number of carbonyl (C=O) groups is 1. The van der Waals surface area contributed by atoms with E-state index in [2.05, 4.69) is 52.8 Å². The first kappa shape index (κ1) is 30.9. The van der Waals surface area contributed by atoms with Crippen molar-refractivity contribution < 1.29 is 9.53 Å². The molecule has 0 saturated heterocycles. The number of allylic oxidation sites excluding steroid dienone is 5. The Morgan fingerprint density at radius 1 is 1.00 bits per heavy atom. The molecule has 1 aromatic heterocycles. The second kappa shape index (κ2) is 12.0. The number of hydrogen-bond acceptors (Lipinski definition) is 4. The minimum absolute atomic E-state index is 0.108. The number of benzene rings is 1. The van der Waals surface area contributed by atoms with Gasteiger partial charge in [0.1, 0.15) is 6.10 Å². The van der Waals surface area contributed by atoms with Gasteiger partial charge in [0.15, 0.2) is 0 Å². The summed E-state index contributed by atoms with van der Waals surface area (Å²) < 4.78 is 9.15. The Labute approximate surface area is 261 Å². The molecule has 7 atom stereocenters. The highest BCUT2D eigenvalue weighted by Gasteiger charge is 2.50. The molecule has 0 spiro atoms. The number of esters is 1. The van der Waals surface area contributed by atoms with E-state index in [9.17, 15) is 14.4 Å². The van der Waals surface area contributed by atoms with Crippen LogP contribution in [0.4, 0.5) is 0 Å². The molecule has 236 valence electrons. The van der Waals surface area contributed by atoms with E-state index >= 15 is 0 Å². The Bertz CT molecular complexity index is 1650. The van der Waals surface area contributed by atoms with Crippen molar-refractivity contribution in [2.24, 2.45) is 35.0 Å². The Morgan fingerprint density at radius 3 is 2.43 bits per heavy atom. The molecule has 6 rings (SSSR count). The summed E-state index contributed by atoms with van der Waals surface area (Å²) in [5, 5.41) is 0.953. The van der Waals surface area contributed by atoms with E-state index in [0.717, 1.165) is 31.3 Å². The highest BCUT2D eigenvalue weighted by Crippen LogP contribution is 2.60. The minimum atomic E-state index is -0.345. The van der Waals surface area contributed by atoms with Crippen LogP contribution < -0.4 is 11.1 Å². The van der Waals surface area contributed by atoms with Crippen LogP contribution in [0.15, 0.2) is 68.8 Å². The van der Waals surface area contributed by atoms with Gasteiger partial charge in [-0.3, -0.25) is 14.4 Å². The smallest absolute Gasteiger partial charge is 0.302 e. The standard InChI is InChI=1S/C38H50N2O4/c1-23(2)24(3)13-14-25(4)33-17-18-34-27(10-9-19-38(33,34)6)20-35-32-21-29(44-26(5)41)16-15-28(32)22-39-36(42)30-11-7-8-12-31(30)37(43)40(35)39/h7-8,11-14,20,23-25,29,33-35H,9-10,15-19,21-22H2,1-6H3/b14-13+,27-20+/t24-,25+,29+,33-,34-,35+,38+/m0/s1. The lowest BCUT2D eigenvalue weighted by Gasteiger charge is -2.45. The van der Waals surface area contributed by atoms with Gasteiger partial charge in [-0.25, -0.2) is 9.36 Å². The number of aromatic nitrogens is 2. The van der Waals surface area contributed by atoms with Crippen molar-refractivity contribution in [3.63, 3.8) is 0 Å². The van der Waals surface area contributed by atoms with Gasteiger partial charge in [-0.2, -0.15) is 0 Å². The van der Waals surface area contributed by atoms with Crippen molar-refractivity contribution in [2.45, 2.75) is 112 Å². The molecule has 1 aromatic carbocycles. The summed E-state index contributed by atoms with van der Waals surface area (Å²) in [6.07, 6.45) is 15.0. The van der Waals surface area contributed by atoms with E-state index < -0.39 is 0 Å². The molecular formula is C38H50N2O4. The predicted molar refractivity (Wildman–Crippen MR) is 176 cm³/mol. The SMILES string of the molecule is CC(=O)O[C@@H]1CCC2=C(C1)[C@@H](/C=C1\CCC[C@@]3(C)[C@H]1CC[C@H]3[C@H](C)/C=C/[C@H](C)C(C)C)n1c(=O)c3ccccc3c(=O)n1C2. The Kier molecular flexibility index (Phi) is 8.40. The van der Waals surface area contributed by atoms with E-state index in [1.165, 1.54) is 37.3 Å². The molecule has 6 nitrogen and oxygen atoms in total. The van der Waals surface area contributed by atoms with Gasteiger partial charge in [0.25, 0.3) is 11.1 Å². The first-order chi connectivity index (χ1) is 21.0. The third-order valence-corrected chi connectivity index (χ3v) is 11.9. The fourth-order valence-electron chi connectivity index (χ4n) is 9.14. The molecule has 0 unspecified atom stereocenters. The molecule has 2 heterocycles. The van der Waals surface area contributed by atoms with Crippen molar-refractivity contribution in [3.05, 3.63) is 79.9 Å². The molecule has 2 aromatic rings. The zero-order valence-electron chi connectivity index (χ0n) is 27.5. The lowest BCUT2D eigenvalue weighted by Crippen LogP contribution is -2.46. The van der Waals surface area contributed by atoms with Crippen molar-refractivity contribution in [2.75, 3.05) is 0 Å². The highest BCUT2D eigenvalue weighted by molar-refractivity contribution is 5.80. The van der Waals surface area contributed by atoms with Crippen LogP contribution in [0, 0.1) is 35.0 Å². The predicted octanol–water partition coefficient (Wildman–Crippen LogP) is 7.76. The van der Waals surface area contributed by atoms with E-state index in [1.807, 2.05) is 12.1 Å². The number of rotatable bonds is 6. The number of ether oxygens (including phenoxy) is 1. The van der Waals surface area contributed by atoms with E-state index in [1.54, 1.807) is 21.5 Å². The van der Waals surface area contributed by atoms with Crippen molar-refractivity contribution >= 4 is 16.7 Å². The van der Waals surface area contributed by atoms with Crippen LogP contribution in [0.5, 0.6) is 0 Å². The van der Waals surface area contributed by atoms with Crippen molar-refractivity contribution in [1.82, 2.24) is 9.36 Å². The summed E-state index contributed by atoms with van der Waals surface area (Å²) in [5.41, 5.74) is 3.80. The maximum atomic E-state index is 14.2. The maximum absolute atomic E-state index is 14.2. The Balaban J connectivity index is 1.42. The summed E-state index contributed by atoms with van der Waals surface area (Å²) in [5.74, 6) is 2.55. The third-order valence-electron chi connectivity index (χ3n) is 11.9. The molecule has 1 aliphatic heterocycles. The van der Waals surface area contributed by atoms with E-state index in [0.29, 0.717) is 53.3 Å². The summed E-state index contributed by atoms with van der Waals surface area (Å²) >= 11 is 0. The van der Waals surface area contributed by atoms with Gasteiger partial charge in [0, 0.05) is 13.3 Å². The van der Waals surface area contributed by atoms with Crippen LogP contribution in [0.25, 0.3) is 10.8 Å². The summed E-state index contributed by atoms with van der Waals surface area (Å²) in [6, 6.07) is 6.86. The van der Waals surface area contributed by atoms with Gasteiger partial charge in [-0.15, -0.1) is 0 Å². The molecule has 2 saturated carbocycles. The Morgan fingerprint density at radius 2 is 1.73 bits per heavy atom. The zero-order valence-corrected chi connectivity index (χ0v) is 27.5. The quantitative estimate of drug-likeness (QED) is 0.252. The molecule has 4 aliphatic rings. The molecule has 6 heteroatoms. The third kappa shape index (κ3) is 5.37. The molecule has 2 fully saturated rings. The van der Waals surface area contributed by atoms with Gasteiger partial charge in [-0.1, -0.05) is 70.6 Å². The normalized spacial score (nSPS) is 30.8. The van der Waals surface area contributed by atoms with Crippen LogP contribution in [-0.2, 0) is 16.1 Å². The molecule has 0 bridgehead atoms. The van der Waals surface area contributed by atoms with Crippen LogP contribution >= 0.6 is 0 Å². The molecule has 0 N–H and O–H groups in total. The molecule has 44 heavy (non-hydrogen) atoms. The van der Waals surface area contributed by atoms with E-state index in [-0.39, 0.29) is 34.6 Å². The van der Waals surface area contributed by atoms with E-state index in [4.69, 9.17) is 4.74 Å². The number of carbonyl (C=O) groups excluding carboxylic acids is 1. The van der Waals surface area contributed by atoms with Crippen molar-refractivity contribution in [1.29, 1.82) is 0 Å². The monoisotopic (exact) mass is 598 g/mol. The molecular weight excluding hydrogens is 548 g/mol. The van der Waals surface area contributed by atoms with Crippen molar-refractivity contribution in [3.8, 4) is 0 Å². The first-order valence-corrected chi connectivity index (χ1v) is 17.0. The topological polar surface area (TPSA) is 70.3 Å². The van der Waals surface area contributed by atoms with Gasteiger partial charge < -0.3 is 4.74 Å². The highest BCUT2D eigenvalue weighted by atomic mass is 16.5. The lowest BCUT2D eigenvalue weighted by molar-refractivity contribution is -0.146. The van der Waals surface area contributed by atoms with Gasteiger partial charge in [0.2, 0.25) is 0 Å². The summed E-state index contributed by atoms with van der Waals surface area (Å²) in [4.78, 5) is 39.9. The summed E-state index contributed by atoms with van der Waals surface area (Å²) in [6.45, 7) is 13.7. The maximum Gasteiger partial charge on any atom is 0.302 e. The lowest BCUT2D eigenvalue weighted by atomic mass is 9.61. The first-order valence-electron chi connectivity index (χ1n) is 17.0. The van der Waals surface area contributed by atoms with Crippen LogP contribution in [0.2, 0.25) is 0 Å².